The Morgan fingerprint density at radius 3 is 2.75 bits per heavy atom. The van der Waals surface area contributed by atoms with Gasteiger partial charge in [-0.15, -0.1) is 5.10 Å². The van der Waals surface area contributed by atoms with Crippen LogP contribution in [0.1, 0.15) is 37.8 Å². The fourth-order valence-corrected chi connectivity index (χ4v) is 3.94. The number of nitrogens with one attached hydrogen (secondary N) is 3. The minimum atomic E-state index is -0.0781. The highest BCUT2D eigenvalue weighted by molar-refractivity contribution is 5.74. The third kappa shape index (κ3) is 7.88. The van der Waals surface area contributed by atoms with Crippen LogP contribution in [0, 0.1) is 6.92 Å². The van der Waals surface area contributed by atoms with Gasteiger partial charge in [0.25, 0.3) is 0 Å². The summed E-state index contributed by atoms with van der Waals surface area (Å²) in [6, 6.07) is 8.40. The highest BCUT2D eigenvalue weighted by atomic mass is 16.5. The normalized spacial score (nSPS) is 19.3. The molecular weight excluding hydrogens is 402 g/mol. The quantitative estimate of drug-likeness (QED) is 0.333. The van der Waals surface area contributed by atoms with Crippen LogP contribution in [0.2, 0.25) is 0 Å². The van der Waals surface area contributed by atoms with Crippen molar-refractivity contribution in [3.63, 3.8) is 0 Å². The van der Waals surface area contributed by atoms with Crippen LogP contribution in [0.3, 0.4) is 0 Å². The zero-order chi connectivity index (χ0) is 22.6. The summed E-state index contributed by atoms with van der Waals surface area (Å²) < 4.78 is 11.6. The lowest BCUT2D eigenvalue weighted by atomic mass is 10.2. The van der Waals surface area contributed by atoms with E-state index in [9.17, 15) is 0 Å². The second-order valence-electron chi connectivity index (χ2n) is 8.36. The van der Waals surface area contributed by atoms with E-state index >= 15 is 0 Å². The molecule has 1 aromatic rings. The van der Waals surface area contributed by atoms with E-state index in [-0.39, 0.29) is 6.17 Å². The van der Waals surface area contributed by atoms with Crippen molar-refractivity contribution in [2.75, 3.05) is 52.5 Å². The summed E-state index contributed by atoms with van der Waals surface area (Å²) in [4.78, 5) is 4.82. The van der Waals surface area contributed by atoms with Crippen molar-refractivity contribution in [2.24, 2.45) is 0 Å². The van der Waals surface area contributed by atoms with Crippen molar-refractivity contribution >= 4 is 6.21 Å². The van der Waals surface area contributed by atoms with Gasteiger partial charge in [0.1, 0.15) is 6.61 Å². The molecule has 0 aliphatic carbocycles. The number of hydrogen-bond acceptors (Lipinski definition) is 6. The molecule has 1 atom stereocenters. The van der Waals surface area contributed by atoms with Crippen molar-refractivity contribution in [3.8, 4) is 0 Å². The molecule has 3 N–H and O–H groups in total. The van der Waals surface area contributed by atoms with Crippen LogP contribution in [0.5, 0.6) is 0 Å². The monoisotopic (exact) mass is 442 g/mol. The highest BCUT2D eigenvalue weighted by Gasteiger charge is 2.20. The van der Waals surface area contributed by atoms with Crippen molar-refractivity contribution in [1.82, 2.24) is 20.5 Å². The molecule has 176 valence electrons. The number of hydrazine groups is 1. The van der Waals surface area contributed by atoms with Gasteiger partial charge in [-0.2, -0.15) is 5.43 Å². The Hall–Kier alpha value is -2.51. The topological polar surface area (TPSA) is 63.0 Å². The lowest BCUT2D eigenvalue weighted by molar-refractivity contribution is -0.527. The Morgan fingerprint density at radius 1 is 1.25 bits per heavy atom. The number of hydrazone groups is 1. The molecule has 0 bridgehead atoms. The van der Waals surface area contributed by atoms with Crippen molar-refractivity contribution in [3.05, 3.63) is 59.1 Å². The van der Waals surface area contributed by atoms with Gasteiger partial charge in [0.05, 0.1) is 13.2 Å². The van der Waals surface area contributed by atoms with Crippen LogP contribution in [0.25, 0.3) is 0 Å². The van der Waals surface area contributed by atoms with Gasteiger partial charge in [-0.3, -0.25) is 4.90 Å². The van der Waals surface area contributed by atoms with Crippen LogP contribution in [0.15, 0.2) is 48.0 Å². The summed E-state index contributed by atoms with van der Waals surface area (Å²) in [7, 11) is 0. The number of aryl methyl sites for hydroxylation is 1. The summed E-state index contributed by atoms with van der Waals surface area (Å²) in [5.41, 5.74) is 6.93. The van der Waals surface area contributed by atoms with E-state index in [1.807, 2.05) is 6.21 Å². The zero-order valence-electron chi connectivity index (χ0n) is 19.9. The first-order chi connectivity index (χ1) is 15.7. The summed E-state index contributed by atoms with van der Waals surface area (Å²) in [6.45, 7) is 13.8. The van der Waals surface area contributed by atoms with Gasteiger partial charge >= 0.3 is 0 Å². The number of allylic oxidation sites excluding steroid dienone is 1. The van der Waals surface area contributed by atoms with Gasteiger partial charge in [0.2, 0.25) is 0 Å². The number of ether oxygens (including phenoxy) is 2. The molecule has 2 aliphatic heterocycles. The molecule has 0 spiro atoms. The molecule has 7 nitrogen and oxygen atoms in total. The Bertz CT molecular complexity index is 780. The Kier molecular flexibility index (Phi) is 9.91. The van der Waals surface area contributed by atoms with E-state index in [4.69, 9.17) is 9.47 Å². The molecular formula is C25H40N5O2+. The van der Waals surface area contributed by atoms with E-state index in [0.29, 0.717) is 6.61 Å². The molecule has 1 fully saturated rings. The highest BCUT2D eigenvalue weighted by Crippen LogP contribution is 2.16. The molecule has 1 aromatic carbocycles. The number of nitrogens with zero attached hydrogens (tertiary/aromatic N) is 2. The van der Waals surface area contributed by atoms with E-state index in [1.165, 1.54) is 11.3 Å². The van der Waals surface area contributed by atoms with Crippen LogP contribution in [0.4, 0.5) is 0 Å². The fourth-order valence-electron chi connectivity index (χ4n) is 3.94. The fraction of sp³-hybridized carbons (Fsp3) is 0.560. The van der Waals surface area contributed by atoms with Crippen LogP contribution < -0.4 is 15.8 Å². The molecule has 0 aromatic heterocycles. The Balaban J connectivity index is 1.63. The maximum absolute atomic E-state index is 6.16. The first-order valence-electron chi connectivity index (χ1n) is 12.0. The number of dihydropyridines is 1. The number of morpholine rings is 1. The third-order valence-electron chi connectivity index (χ3n) is 5.55. The minimum Gasteiger partial charge on any atom is -0.478 e. The molecule has 32 heavy (non-hydrogen) atoms. The minimum absolute atomic E-state index is 0.0781. The van der Waals surface area contributed by atoms with Crippen LogP contribution in [-0.2, 0) is 9.47 Å². The lowest BCUT2D eigenvalue weighted by Gasteiger charge is -2.31. The van der Waals surface area contributed by atoms with Gasteiger partial charge in [-0.05, 0) is 38.0 Å². The van der Waals surface area contributed by atoms with Gasteiger partial charge in [0.15, 0.2) is 18.3 Å². The first-order valence-corrected chi connectivity index (χ1v) is 12.0. The van der Waals surface area contributed by atoms with Gasteiger partial charge in [0, 0.05) is 50.1 Å². The van der Waals surface area contributed by atoms with E-state index in [0.717, 1.165) is 70.2 Å². The standard InChI is InChI=1S/C25H39N5O2/c1-4-9-30(10-5-2)23-18-24(28-26-20-22-8-6-7-21(3)17-22)27-25(19-23)32-16-13-29-11-14-31-15-12-29/h6-8,17-20,24,27-28H,4-5,9-16H2,1-3H3/p+1/b26-20+. The van der Waals surface area contributed by atoms with Gasteiger partial charge < -0.3 is 19.7 Å². The van der Waals surface area contributed by atoms with Crippen molar-refractivity contribution in [2.45, 2.75) is 39.8 Å². The molecule has 1 unspecified atom stereocenters. The second kappa shape index (κ2) is 13.1. The average molecular weight is 443 g/mol. The largest absolute Gasteiger partial charge is 0.478 e. The summed E-state index contributed by atoms with van der Waals surface area (Å²) >= 11 is 0. The second-order valence-corrected chi connectivity index (χ2v) is 8.36. The Labute approximate surface area is 193 Å². The maximum Gasteiger partial charge on any atom is 0.198 e. The molecule has 7 heteroatoms. The molecule has 3 rings (SSSR count). The van der Waals surface area contributed by atoms with Crippen molar-refractivity contribution < 1.29 is 14.6 Å². The van der Waals surface area contributed by atoms with Gasteiger partial charge in [-0.1, -0.05) is 31.5 Å². The summed E-state index contributed by atoms with van der Waals surface area (Å²) in [5, 5.41) is 6.70. The average Bonchev–Trinajstić information content (AvgIpc) is 2.80. The van der Waals surface area contributed by atoms with Crippen molar-refractivity contribution in [1.29, 1.82) is 0 Å². The van der Waals surface area contributed by atoms with Crippen LogP contribution >= 0.6 is 0 Å². The third-order valence-corrected chi connectivity index (χ3v) is 5.55. The van der Waals surface area contributed by atoms with Gasteiger partial charge in [-0.25, -0.2) is 0 Å². The molecule has 0 saturated carbocycles. The number of rotatable bonds is 12. The van der Waals surface area contributed by atoms with E-state index in [2.05, 4.69) is 82.8 Å². The Morgan fingerprint density at radius 2 is 2.03 bits per heavy atom. The molecule has 0 radical (unpaired) electrons. The summed E-state index contributed by atoms with van der Waals surface area (Å²) in [5.74, 6) is 0.808. The SMILES string of the molecule is CCCN(CCC)C1=CC(N/[NH+]=C/c2cccc(C)c2)NC(OCCN2CCOCC2)=C1. The zero-order valence-corrected chi connectivity index (χ0v) is 19.9. The predicted octanol–water partition coefficient (Wildman–Crippen LogP) is 1.12. The van der Waals surface area contributed by atoms with E-state index in [1.54, 1.807) is 0 Å². The van der Waals surface area contributed by atoms with E-state index < -0.39 is 0 Å². The molecule has 2 aliphatic rings. The molecule has 1 saturated heterocycles. The maximum atomic E-state index is 6.16. The summed E-state index contributed by atoms with van der Waals surface area (Å²) in [6.07, 6.45) is 8.48. The smallest absolute Gasteiger partial charge is 0.198 e. The molecule has 2 heterocycles. The number of hydrogen-bond donors (Lipinski definition) is 3. The van der Waals surface area contributed by atoms with Crippen LogP contribution in [-0.4, -0.2) is 74.7 Å². The first kappa shape index (κ1) is 24.1. The lowest BCUT2D eigenvalue weighted by Crippen LogP contribution is -2.84. The number of benzene rings is 1. The predicted molar refractivity (Wildman–Crippen MR) is 129 cm³/mol. The molecule has 0 amide bonds.